The van der Waals surface area contributed by atoms with Crippen molar-refractivity contribution in [3.63, 3.8) is 0 Å². The summed E-state index contributed by atoms with van der Waals surface area (Å²) in [6.45, 7) is 6.17. The first-order chi connectivity index (χ1) is 11.5. The van der Waals surface area contributed by atoms with Crippen molar-refractivity contribution in [2.24, 2.45) is 0 Å². The predicted molar refractivity (Wildman–Crippen MR) is 99.8 cm³/mol. The molecule has 0 radical (unpaired) electrons. The smallest absolute Gasteiger partial charge is 0.308 e. The van der Waals surface area contributed by atoms with Crippen molar-refractivity contribution in [2.75, 3.05) is 10.6 Å². The Kier molecular flexibility index (Phi) is 4.66. The zero-order chi connectivity index (χ0) is 17.1. The van der Waals surface area contributed by atoms with E-state index in [9.17, 15) is 4.79 Å². The molecule has 2 aromatic heterocycles. The maximum atomic E-state index is 12.3. The number of hydrogen-bond donors (Lipinski definition) is 3. The molecule has 0 unspecified atom stereocenters. The molecule has 2 heterocycles. The fourth-order valence-corrected chi connectivity index (χ4v) is 3.12. The van der Waals surface area contributed by atoms with Crippen molar-refractivity contribution in [1.29, 1.82) is 0 Å². The summed E-state index contributed by atoms with van der Waals surface area (Å²) in [5, 5.41) is 15.0. The minimum absolute atomic E-state index is 0.283. The first kappa shape index (κ1) is 16.3. The monoisotopic (exact) mass is 340 g/mol. The van der Waals surface area contributed by atoms with Crippen molar-refractivity contribution in [1.82, 2.24) is 10.2 Å². The number of aromatic nitrogens is 2. The number of amides is 2. The van der Waals surface area contributed by atoms with Crippen molar-refractivity contribution < 1.29 is 4.79 Å². The number of thiophene rings is 1. The topological polar surface area (TPSA) is 69.8 Å². The lowest BCUT2D eigenvalue weighted by Crippen LogP contribution is -2.20. The fourth-order valence-electron chi connectivity index (χ4n) is 2.40. The van der Waals surface area contributed by atoms with Crippen LogP contribution < -0.4 is 10.6 Å². The molecule has 1 aromatic carbocycles. The van der Waals surface area contributed by atoms with E-state index in [2.05, 4.69) is 34.7 Å². The third-order valence-electron chi connectivity index (χ3n) is 3.78. The van der Waals surface area contributed by atoms with Gasteiger partial charge in [0, 0.05) is 5.69 Å². The van der Waals surface area contributed by atoms with Crippen LogP contribution in [0.15, 0.2) is 41.8 Å². The van der Waals surface area contributed by atoms with E-state index >= 15 is 0 Å². The van der Waals surface area contributed by atoms with Gasteiger partial charge >= 0.3 is 6.03 Å². The van der Waals surface area contributed by atoms with Gasteiger partial charge in [0.15, 0.2) is 0 Å². The summed E-state index contributed by atoms with van der Waals surface area (Å²) in [4.78, 5) is 13.3. The number of H-pyrrole nitrogens is 1. The molecule has 0 atom stereocenters. The Morgan fingerprint density at radius 3 is 2.54 bits per heavy atom. The number of aromatic amines is 1. The van der Waals surface area contributed by atoms with Crippen LogP contribution in [0.3, 0.4) is 0 Å². The molecule has 2 amide bonds. The van der Waals surface area contributed by atoms with Gasteiger partial charge in [-0.05, 0) is 42.0 Å². The zero-order valence-electron chi connectivity index (χ0n) is 13.9. The summed E-state index contributed by atoms with van der Waals surface area (Å²) < 4.78 is 0. The van der Waals surface area contributed by atoms with E-state index in [4.69, 9.17) is 0 Å². The normalized spacial score (nSPS) is 10.8. The second-order valence-corrected chi connectivity index (χ2v) is 6.85. The Morgan fingerprint density at radius 1 is 1.17 bits per heavy atom. The highest BCUT2D eigenvalue weighted by atomic mass is 32.1. The van der Waals surface area contributed by atoms with Crippen LogP contribution in [0.25, 0.3) is 10.6 Å². The summed E-state index contributed by atoms with van der Waals surface area (Å²) in [5.41, 5.74) is 4.28. The molecule has 0 aliphatic carbocycles. The molecule has 0 aliphatic rings. The minimum Gasteiger partial charge on any atom is -0.308 e. The molecule has 0 saturated carbocycles. The van der Waals surface area contributed by atoms with Crippen LogP contribution in [0.4, 0.5) is 16.2 Å². The Bertz CT molecular complexity index is 819. The lowest BCUT2D eigenvalue weighted by atomic mass is 10.0. The van der Waals surface area contributed by atoms with Gasteiger partial charge in [-0.1, -0.05) is 32.0 Å². The molecule has 6 heteroatoms. The maximum absolute atomic E-state index is 12.3. The summed E-state index contributed by atoms with van der Waals surface area (Å²) in [5.74, 6) is 0.467. The van der Waals surface area contributed by atoms with Crippen molar-refractivity contribution >= 4 is 28.7 Å². The van der Waals surface area contributed by atoms with Gasteiger partial charge in [0.1, 0.15) is 5.69 Å². The lowest BCUT2D eigenvalue weighted by molar-refractivity contribution is 0.262. The number of carbonyl (C=O) groups excluding carboxylic acids is 1. The number of aryl methyl sites for hydroxylation is 1. The van der Waals surface area contributed by atoms with Gasteiger partial charge in [0.25, 0.3) is 0 Å². The Labute approximate surface area is 145 Å². The van der Waals surface area contributed by atoms with Gasteiger partial charge in [-0.3, -0.25) is 5.10 Å². The summed E-state index contributed by atoms with van der Waals surface area (Å²) in [6.07, 6.45) is 0. The highest BCUT2D eigenvalue weighted by molar-refractivity contribution is 7.13. The number of nitrogens with one attached hydrogen (secondary N) is 3. The van der Waals surface area contributed by atoms with Crippen molar-refractivity contribution in [3.8, 4) is 10.6 Å². The SMILES string of the molecule is Cc1[nH]nc(-c2cccs2)c1NC(=O)Nc1ccc(C(C)C)cc1. The molecule has 0 bridgehead atoms. The van der Waals surface area contributed by atoms with E-state index in [0.29, 0.717) is 11.6 Å². The number of carbonyl (C=O) groups is 1. The Morgan fingerprint density at radius 2 is 1.92 bits per heavy atom. The van der Waals surface area contributed by atoms with Crippen LogP contribution in [0.2, 0.25) is 0 Å². The zero-order valence-corrected chi connectivity index (χ0v) is 14.7. The van der Waals surface area contributed by atoms with Gasteiger partial charge in [0.05, 0.1) is 16.3 Å². The number of nitrogens with zero attached hydrogens (tertiary/aromatic N) is 1. The number of rotatable bonds is 4. The van der Waals surface area contributed by atoms with Crippen LogP contribution in [0.1, 0.15) is 31.0 Å². The number of hydrogen-bond acceptors (Lipinski definition) is 3. The van der Waals surface area contributed by atoms with E-state index in [0.717, 1.165) is 22.0 Å². The summed E-state index contributed by atoms with van der Waals surface area (Å²) in [7, 11) is 0. The number of anilines is 2. The molecule has 24 heavy (non-hydrogen) atoms. The Balaban J connectivity index is 1.72. The number of urea groups is 1. The molecular weight excluding hydrogens is 320 g/mol. The standard InChI is InChI=1S/C18H20N4OS/c1-11(2)13-6-8-14(9-7-13)19-18(23)20-16-12(3)21-22-17(16)15-5-4-10-24-15/h4-11H,1-3H3,(H,21,22)(H2,19,20,23). The third-order valence-corrected chi connectivity index (χ3v) is 4.65. The van der Waals surface area contributed by atoms with Gasteiger partial charge in [-0.2, -0.15) is 5.10 Å². The molecule has 0 spiro atoms. The van der Waals surface area contributed by atoms with Gasteiger partial charge in [0.2, 0.25) is 0 Å². The molecule has 3 N–H and O–H groups in total. The maximum Gasteiger partial charge on any atom is 0.323 e. The molecule has 5 nitrogen and oxygen atoms in total. The summed E-state index contributed by atoms with van der Waals surface area (Å²) in [6, 6.07) is 11.5. The van der Waals surface area contributed by atoms with Crippen LogP contribution in [-0.4, -0.2) is 16.2 Å². The van der Waals surface area contributed by atoms with Crippen LogP contribution in [0, 0.1) is 6.92 Å². The number of benzene rings is 1. The quantitative estimate of drug-likeness (QED) is 0.610. The Hall–Kier alpha value is -2.60. The average molecular weight is 340 g/mol. The van der Waals surface area contributed by atoms with E-state index in [1.807, 2.05) is 48.7 Å². The molecule has 0 fully saturated rings. The van der Waals surface area contributed by atoms with Gasteiger partial charge in [-0.25, -0.2) is 4.79 Å². The van der Waals surface area contributed by atoms with E-state index in [1.165, 1.54) is 5.56 Å². The van der Waals surface area contributed by atoms with Crippen LogP contribution >= 0.6 is 11.3 Å². The highest BCUT2D eigenvalue weighted by Gasteiger charge is 2.15. The second-order valence-electron chi connectivity index (χ2n) is 5.91. The highest BCUT2D eigenvalue weighted by Crippen LogP contribution is 2.31. The van der Waals surface area contributed by atoms with Crippen LogP contribution in [0.5, 0.6) is 0 Å². The molecule has 3 rings (SSSR count). The molecule has 0 aliphatic heterocycles. The lowest BCUT2D eigenvalue weighted by Gasteiger charge is -2.10. The third kappa shape index (κ3) is 3.49. The van der Waals surface area contributed by atoms with Crippen molar-refractivity contribution in [2.45, 2.75) is 26.7 Å². The van der Waals surface area contributed by atoms with E-state index in [1.54, 1.807) is 11.3 Å². The largest absolute Gasteiger partial charge is 0.323 e. The molecule has 3 aromatic rings. The second kappa shape index (κ2) is 6.88. The fraction of sp³-hybridized carbons (Fsp3) is 0.222. The first-order valence-electron chi connectivity index (χ1n) is 7.81. The average Bonchev–Trinajstić information content (AvgIpc) is 3.19. The van der Waals surface area contributed by atoms with E-state index < -0.39 is 0 Å². The van der Waals surface area contributed by atoms with Crippen molar-refractivity contribution in [3.05, 3.63) is 53.0 Å². The first-order valence-corrected chi connectivity index (χ1v) is 8.69. The van der Waals surface area contributed by atoms with E-state index in [-0.39, 0.29) is 6.03 Å². The minimum atomic E-state index is -0.283. The van der Waals surface area contributed by atoms with Gasteiger partial charge in [-0.15, -0.1) is 11.3 Å². The van der Waals surface area contributed by atoms with Gasteiger partial charge < -0.3 is 10.6 Å². The molecular formula is C18H20N4OS. The van der Waals surface area contributed by atoms with Crippen LogP contribution in [-0.2, 0) is 0 Å². The molecule has 124 valence electrons. The predicted octanol–water partition coefficient (Wildman–Crippen LogP) is 5.21. The summed E-state index contributed by atoms with van der Waals surface area (Å²) >= 11 is 1.58. The molecule has 0 saturated heterocycles.